The van der Waals surface area contributed by atoms with Crippen molar-refractivity contribution in [2.45, 2.75) is 0 Å². The summed E-state index contributed by atoms with van der Waals surface area (Å²) in [6.07, 6.45) is 0. The van der Waals surface area contributed by atoms with Gasteiger partial charge in [0.25, 0.3) is 0 Å². The van der Waals surface area contributed by atoms with Crippen LogP contribution in [0.2, 0.25) is 15.1 Å². The second kappa shape index (κ2) is 8.36. The zero-order valence-corrected chi connectivity index (χ0v) is 15.4. The van der Waals surface area contributed by atoms with Gasteiger partial charge in [-0.05, 0) is 12.1 Å². The van der Waals surface area contributed by atoms with Crippen molar-refractivity contribution >= 4 is 64.7 Å². The predicted molar refractivity (Wildman–Crippen MR) is 95.3 cm³/mol. The van der Waals surface area contributed by atoms with Crippen LogP contribution in [0.5, 0.6) is 5.75 Å². The van der Waals surface area contributed by atoms with E-state index in [9.17, 15) is 0 Å². The maximum atomic E-state index is 6.02. The summed E-state index contributed by atoms with van der Waals surface area (Å²) in [5, 5.41) is 4.50. The molecule has 0 fully saturated rings. The topological polar surface area (TPSA) is 36.9 Å². The molecular weight excluding hydrogens is 435 g/mol. The molecule has 0 bridgehead atoms. The van der Waals surface area contributed by atoms with E-state index in [4.69, 9.17) is 39.5 Å². The monoisotopic (exact) mass is 449 g/mol. The largest absolute Gasteiger partial charge is 0.489 e. The zero-order chi connectivity index (χ0) is 13.8. The Bertz CT molecular complexity index is 476. The van der Waals surface area contributed by atoms with Crippen molar-refractivity contribution < 1.29 is 4.74 Å². The number of rotatable bonds is 4. The molecule has 1 aliphatic heterocycles. The van der Waals surface area contributed by atoms with Gasteiger partial charge in [-0.1, -0.05) is 34.8 Å². The average molecular weight is 451 g/mol. The van der Waals surface area contributed by atoms with E-state index in [1.165, 1.54) is 0 Å². The highest BCUT2D eigenvalue weighted by Gasteiger charge is 2.12. The zero-order valence-electron chi connectivity index (χ0n) is 10.8. The minimum atomic E-state index is 0. The first-order valence-electron chi connectivity index (χ1n) is 5.84. The number of ether oxygens (including phenoxy) is 1. The third kappa shape index (κ3) is 4.72. The molecule has 0 aromatic heterocycles. The molecule has 8 heteroatoms. The number of nitrogens with one attached hydrogen (secondary N) is 1. The third-order valence-electron chi connectivity index (χ3n) is 2.65. The van der Waals surface area contributed by atoms with Crippen LogP contribution in [0.15, 0.2) is 17.1 Å². The van der Waals surface area contributed by atoms with Gasteiger partial charge in [0.1, 0.15) is 6.61 Å². The third-order valence-corrected chi connectivity index (χ3v) is 3.43. The quantitative estimate of drug-likeness (QED) is 0.563. The van der Waals surface area contributed by atoms with Crippen molar-refractivity contribution in [2.75, 3.05) is 33.3 Å². The Morgan fingerprint density at radius 1 is 1.30 bits per heavy atom. The summed E-state index contributed by atoms with van der Waals surface area (Å²) in [7, 11) is 1.99. The molecule has 112 valence electrons. The molecule has 0 unspecified atom stereocenters. The summed E-state index contributed by atoms with van der Waals surface area (Å²) >= 11 is 17.9. The highest BCUT2D eigenvalue weighted by Crippen LogP contribution is 2.35. The van der Waals surface area contributed by atoms with Gasteiger partial charge in [0.2, 0.25) is 0 Å². The van der Waals surface area contributed by atoms with E-state index in [2.05, 4.69) is 15.2 Å². The van der Waals surface area contributed by atoms with Crippen LogP contribution in [0.25, 0.3) is 0 Å². The number of aliphatic imine (C=N–C) groups is 1. The standard InChI is InChI=1S/C12H14Cl3N3O.HI/c1-18-4-2-16-12(18)17-3-5-19-11-9(14)6-8(13)7-10(11)15;/h6-7H,2-5H2,1H3,(H,16,17);1H. The molecule has 0 saturated carbocycles. The lowest BCUT2D eigenvalue weighted by atomic mass is 10.3. The Hall–Kier alpha value is -0.110. The normalized spacial score (nSPS) is 13.8. The van der Waals surface area contributed by atoms with Gasteiger partial charge in [-0.2, -0.15) is 0 Å². The first-order valence-corrected chi connectivity index (χ1v) is 6.98. The van der Waals surface area contributed by atoms with Crippen molar-refractivity contribution in [3.05, 3.63) is 27.2 Å². The molecule has 20 heavy (non-hydrogen) atoms. The molecule has 1 aromatic carbocycles. The molecule has 0 saturated heterocycles. The van der Waals surface area contributed by atoms with Crippen LogP contribution >= 0.6 is 58.8 Å². The van der Waals surface area contributed by atoms with Crippen molar-refractivity contribution in [3.63, 3.8) is 0 Å². The number of benzene rings is 1. The highest BCUT2D eigenvalue weighted by atomic mass is 127. The van der Waals surface area contributed by atoms with Crippen LogP contribution in [-0.4, -0.2) is 44.1 Å². The van der Waals surface area contributed by atoms with Gasteiger partial charge in [-0.25, -0.2) is 0 Å². The fraction of sp³-hybridized carbons (Fsp3) is 0.417. The first-order chi connectivity index (χ1) is 9.08. The van der Waals surface area contributed by atoms with Crippen LogP contribution in [0.4, 0.5) is 0 Å². The van der Waals surface area contributed by atoms with Gasteiger partial charge in [-0.15, -0.1) is 24.0 Å². The maximum Gasteiger partial charge on any atom is 0.193 e. The molecule has 1 heterocycles. The van der Waals surface area contributed by atoms with Crippen LogP contribution in [-0.2, 0) is 0 Å². The average Bonchev–Trinajstić information content (AvgIpc) is 2.73. The van der Waals surface area contributed by atoms with Gasteiger partial charge in [0.05, 0.1) is 23.1 Å². The van der Waals surface area contributed by atoms with E-state index in [1.807, 2.05) is 7.05 Å². The van der Waals surface area contributed by atoms with E-state index in [0.717, 1.165) is 19.0 Å². The van der Waals surface area contributed by atoms with Gasteiger partial charge >= 0.3 is 0 Å². The fourth-order valence-corrected chi connectivity index (χ4v) is 2.63. The highest BCUT2D eigenvalue weighted by molar-refractivity contribution is 14.0. The lowest BCUT2D eigenvalue weighted by Gasteiger charge is -2.16. The van der Waals surface area contributed by atoms with Crippen LogP contribution in [0, 0.1) is 0 Å². The number of halogens is 4. The van der Waals surface area contributed by atoms with Gasteiger partial charge < -0.3 is 15.0 Å². The maximum absolute atomic E-state index is 6.02. The molecule has 1 N–H and O–H groups in total. The van der Waals surface area contributed by atoms with Crippen molar-refractivity contribution in [1.82, 2.24) is 10.2 Å². The van der Waals surface area contributed by atoms with Gasteiger partial charge in [-0.3, -0.25) is 4.99 Å². The van der Waals surface area contributed by atoms with E-state index in [-0.39, 0.29) is 24.0 Å². The second-order valence-corrected chi connectivity index (χ2v) is 5.35. The number of nitrogens with zero attached hydrogens (tertiary/aromatic N) is 2. The van der Waals surface area contributed by atoms with E-state index < -0.39 is 0 Å². The van der Waals surface area contributed by atoms with Crippen LogP contribution < -0.4 is 10.1 Å². The van der Waals surface area contributed by atoms with Crippen LogP contribution in [0.3, 0.4) is 0 Å². The van der Waals surface area contributed by atoms with E-state index in [0.29, 0.717) is 34.0 Å². The molecule has 0 amide bonds. The number of likely N-dealkylation sites (N-methyl/N-ethyl adjacent to an activating group) is 1. The Kier molecular flexibility index (Phi) is 7.50. The minimum absolute atomic E-state index is 0. The lowest BCUT2D eigenvalue weighted by Crippen LogP contribution is -2.37. The summed E-state index contributed by atoms with van der Waals surface area (Å²) in [4.78, 5) is 6.37. The predicted octanol–water partition coefficient (Wildman–Crippen LogP) is 3.53. The number of hydrogen-bond donors (Lipinski definition) is 1. The molecule has 0 spiro atoms. The molecular formula is C12H15Cl3IN3O. The molecule has 1 aliphatic rings. The van der Waals surface area contributed by atoms with Gasteiger partial charge in [0, 0.05) is 18.6 Å². The number of guanidine groups is 1. The molecule has 2 rings (SSSR count). The minimum Gasteiger partial charge on any atom is -0.489 e. The Labute approximate surface area is 150 Å². The van der Waals surface area contributed by atoms with Crippen LogP contribution in [0.1, 0.15) is 0 Å². The Morgan fingerprint density at radius 3 is 2.50 bits per heavy atom. The smallest absolute Gasteiger partial charge is 0.193 e. The fourth-order valence-electron chi connectivity index (χ4n) is 1.71. The molecule has 1 aromatic rings. The summed E-state index contributed by atoms with van der Waals surface area (Å²) in [5.41, 5.74) is 0. The summed E-state index contributed by atoms with van der Waals surface area (Å²) in [5.74, 6) is 1.34. The number of hydrogen-bond acceptors (Lipinski definition) is 4. The first kappa shape index (κ1) is 17.9. The second-order valence-electron chi connectivity index (χ2n) is 4.10. The van der Waals surface area contributed by atoms with Gasteiger partial charge in [0.15, 0.2) is 11.7 Å². The SMILES string of the molecule is CN1CCN=C1NCCOc1c(Cl)cc(Cl)cc1Cl.I. The van der Waals surface area contributed by atoms with Crippen molar-refractivity contribution in [1.29, 1.82) is 0 Å². The van der Waals surface area contributed by atoms with Crippen molar-refractivity contribution in [2.24, 2.45) is 4.99 Å². The molecule has 0 radical (unpaired) electrons. The summed E-state index contributed by atoms with van der Waals surface area (Å²) in [6.45, 7) is 2.83. The van der Waals surface area contributed by atoms with E-state index in [1.54, 1.807) is 12.1 Å². The van der Waals surface area contributed by atoms with Crippen molar-refractivity contribution in [3.8, 4) is 5.75 Å². The summed E-state index contributed by atoms with van der Waals surface area (Å²) < 4.78 is 5.56. The lowest BCUT2D eigenvalue weighted by molar-refractivity contribution is 0.321. The Balaban J connectivity index is 0.00000200. The van der Waals surface area contributed by atoms with E-state index >= 15 is 0 Å². The Morgan fingerprint density at radius 2 is 1.95 bits per heavy atom. The molecule has 4 nitrogen and oxygen atoms in total. The molecule has 0 aliphatic carbocycles. The summed E-state index contributed by atoms with van der Waals surface area (Å²) in [6, 6.07) is 3.21. The molecule has 0 atom stereocenters.